The Balaban J connectivity index is 1.50. The molecular formula is C20H25N3O4S. The molecule has 0 spiro atoms. The third-order valence-corrected chi connectivity index (χ3v) is 7.11. The molecule has 2 heterocycles. The maximum absolute atomic E-state index is 12.8. The molecule has 1 saturated carbocycles. The number of hydrogen-bond acceptors (Lipinski definition) is 5. The number of rotatable bonds is 5. The van der Waals surface area contributed by atoms with Gasteiger partial charge in [-0.15, -0.1) is 0 Å². The summed E-state index contributed by atoms with van der Waals surface area (Å²) in [5.41, 5.74) is 1.23. The topological polar surface area (TPSA) is 90.3 Å². The maximum atomic E-state index is 12.8. The molecular weight excluding hydrogens is 378 g/mol. The van der Waals surface area contributed by atoms with E-state index in [2.05, 4.69) is 10.4 Å². The number of sulfone groups is 1. The number of amides is 1. The van der Waals surface area contributed by atoms with Crippen LogP contribution in [-0.4, -0.2) is 41.7 Å². The lowest BCUT2D eigenvalue weighted by Gasteiger charge is -2.15. The Morgan fingerprint density at radius 1 is 1.21 bits per heavy atom. The van der Waals surface area contributed by atoms with Crippen LogP contribution >= 0.6 is 0 Å². The van der Waals surface area contributed by atoms with Crippen molar-refractivity contribution in [2.24, 2.45) is 0 Å². The average molecular weight is 404 g/mol. The van der Waals surface area contributed by atoms with E-state index < -0.39 is 9.84 Å². The van der Waals surface area contributed by atoms with Gasteiger partial charge in [0.2, 0.25) is 0 Å². The van der Waals surface area contributed by atoms with Crippen molar-refractivity contribution < 1.29 is 17.9 Å². The van der Waals surface area contributed by atoms with Gasteiger partial charge in [0, 0.05) is 11.6 Å². The van der Waals surface area contributed by atoms with Crippen molar-refractivity contribution in [3.05, 3.63) is 41.6 Å². The van der Waals surface area contributed by atoms with Gasteiger partial charge in [-0.25, -0.2) is 13.1 Å². The minimum absolute atomic E-state index is 0.0572. The van der Waals surface area contributed by atoms with Gasteiger partial charge < -0.3 is 10.1 Å². The van der Waals surface area contributed by atoms with Crippen LogP contribution in [0.4, 0.5) is 5.82 Å². The molecule has 0 bridgehead atoms. The highest BCUT2D eigenvalue weighted by Crippen LogP contribution is 2.28. The molecule has 8 heteroatoms. The molecule has 7 nitrogen and oxygen atoms in total. The molecule has 1 unspecified atom stereocenters. The van der Waals surface area contributed by atoms with E-state index in [9.17, 15) is 13.2 Å². The number of nitrogens with one attached hydrogen (secondary N) is 1. The van der Waals surface area contributed by atoms with Crippen molar-refractivity contribution in [1.82, 2.24) is 9.78 Å². The second-order valence-corrected chi connectivity index (χ2v) is 9.91. The van der Waals surface area contributed by atoms with Gasteiger partial charge in [0.1, 0.15) is 11.6 Å². The first-order valence-electron chi connectivity index (χ1n) is 9.74. The molecule has 1 amide bonds. The van der Waals surface area contributed by atoms with Gasteiger partial charge in [0.15, 0.2) is 9.84 Å². The standard InChI is InChI=1S/C20H25N3O4S/c1-14-11-19(23(22-14)16-9-10-28(25,26)13-16)21-20(24)15-5-4-8-18(12-15)27-17-6-2-3-7-17/h4-5,8,11-12,16-17H,2-3,6-7,9-10,13H2,1H3,(H,21,24). The maximum Gasteiger partial charge on any atom is 0.256 e. The average Bonchev–Trinajstić information content (AvgIpc) is 3.36. The van der Waals surface area contributed by atoms with E-state index in [0.717, 1.165) is 18.5 Å². The van der Waals surface area contributed by atoms with Crippen molar-refractivity contribution in [2.75, 3.05) is 16.8 Å². The number of ether oxygens (including phenoxy) is 1. The van der Waals surface area contributed by atoms with Crippen molar-refractivity contribution in [3.63, 3.8) is 0 Å². The smallest absolute Gasteiger partial charge is 0.256 e. The molecule has 1 aromatic carbocycles. The van der Waals surface area contributed by atoms with Gasteiger partial charge in [-0.3, -0.25) is 4.79 Å². The first-order valence-corrected chi connectivity index (χ1v) is 11.6. The molecule has 1 aliphatic carbocycles. The van der Waals surface area contributed by atoms with E-state index in [-0.39, 0.29) is 29.6 Å². The molecule has 1 atom stereocenters. The van der Waals surface area contributed by atoms with Crippen LogP contribution < -0.4 is 10.1 Å². The first kappa shape index (κ1) is 19.0. The van der Waals surface area contributed by atoms with Gasteiger partial charge in [-0.2, -0.15) is 5.10 Å². The molecule has 1 N–H and O–H groups in total. The molecule has 2 aromatic rings. The second kappa shape index (κ2) is 7.58. The summed E-state index contributed by atoms with van der Waals surface area (Å²) in [6.45, 7) is 1.83. The molecule has 0 radical (unpaired) electrons. The van der Waals surface area contributed by atoms with Gasteiger partial charge in [-0.05, 0) is 57.2 Å². The molecule has 2 fully saturated rings. The highest BCUT2D eigenvalue weighted by atomic mass is 32.2. The quantitative estimate of drug-likeness (QED) is 0.828. The molecule has 1 saturated heterocycles. The third-order valence-electron chi connectivity index (χ3n) is 5.35. The highest BCUT2D eigenvalue weighted by molar-refractivity contribution is 7.91. The summed E-state index contributed by atoms with van der Waals surface area (Å²) in [5, 5.41) is 7.29. The van der Waals surface area contributed by atoms with E-state index in [1.54, 1.807) is 22.9 Å². The van der Waals surface area contributed by atoms with Crippen molar-refractivity contribution >= 4 is 21.6 Å². The highest BCUT2D eigenvalue weighted by Gasteiger charge is 2.31. The van der Waals surface area contributed by atoms with E-state index in [4.69, 9.17) is 4.74 Å². The zero-order valence-corrected chi connectivity index (χ0v) is 16.7. The predicted octanol–water partition coefficient (Wildman–Crippen LogP) is 3.12. The Bertz CT molecular complexity index is 977. The first-order chi connectivity index (χ1) is 13.4. The van der Waals surface area contributed by atoms with Crippen molar-refractivity contribution in [1.29, 1.82) is 0 Å². The van der Waals surface area contributed by atoms with E-state index in [1.807, 2.05) is 19.1 Å². The molecule has 1 aliphatic heterocycles. The zero-order chi connectivity index (χ0) is 19.7. The van der Waals surface area contributed by atoms with Gasteiger partial charge >= 0.3 is 0 Å². The number of aryl methyl sites for hydroxylation is 1. The van der Waals surface area contributed by atoms with Crippen LogP contribution in [0.1, 0.15) is 54.2 Å². The fraction of sp³-hybridized carbons (Fsp3) is 0.500. The minimum atomic E-state index is -3.04. The van der Waals surface area contributed by atoms with Crippen LogP contribution in [0.5, 0.6) is 5.75 Å². The van der Waals surface area contributed by atoms with Crippen LogP contribution in [0.15, 0.2) is 30.3 Å². The number of carbonyl (C=O) groups excluding carboxylic acids is 1. The van der Waals surface area contributed by atoms with Crippen molar-refractivity contribution in [2.45, 2.75) is 51.2 Å². The minimum Gasteiger partial charge on any atom is -0.490 e. The second-order valence-electron chi connectivity index (χ2n) is 7.68. The largest absolute Gasteiger partial charge is 0.490 e. The zero-order valence-electron chi connectivity index (χ0n) is 15.9. The lowest BCUT2D eigenvalue weighted by Crippen LogP contribution is -2.19. The van der Waals surface area contributed by atoms with E-state index >= 15 is 0 Å². The summed E-state index contributed by atoms with van der Waals surface area (Å²) >= 11 is 0. The molecule has 150 valence electrons. The van der Waals surface area contributed by atoms with Gasteiger partial charge in [0.25, 0.3) is 5.91 Å². The Morgan fingerprint density at radius 3 is 2.71 bits per heavy atom. The predicted molar refractivity (Wildman–Crippen MR) is 107 cm³/mol. The molecule has 1 aromatic heterocycles. The third kappa shape index (κ3) is 4.22. The number of nitrogens with zero attached hydrogens (tertiary/aromatic N) is 2. The van der Waals surface area contributed by atoms with Crippen LogP contribution in [-0.2, 0) is 9.84 Å². The lowest BCUT2D eigenvalue weighted by molar-refractivity contribution is 0.102. The van der Waals surface area contributed by atoms with Gasteiger partial charge in [0.05, 0.1) is 29.3 Å². The number of hydrogen-bond donors (Lipinski definition) is 1. The summed E-state index contributed by atoms with van der Waals surface area (Å²) in [7, 11) is -3.04. The number of anilines is 1. The summed E-state index contributed by atoms with van der Waals surface area (Å²) < 4.78 is 31.2. The summed E-state index contributed by atoms with van der Waals surface area (Å²) in [4.78, 5) is 12.8. The van der Waals surface area contributed by atoms with Gasteiger partial charge in [-0.1, -0.05) is 6.07 Å². The van der Waals surface area contributed by atoms with Crippen LogP contribution in [0.3, 0.4) is 0 Å². The number of aromatic nitrogens is 2. The summed E-state index contributed by atoms with van der Waals surface area (Å²) in [6, 6.07) is 8.69. The van der Waals surface area contributed by atoms with Crippen LogP contribution in [0, 0.1) is 6.92 Å². The molecule has 28 heavy (non-hydrogen) atoms. The fourth-order valence-electron chi connectivity index (χ4n) is 3.95. The Kier molecular flexibility index (Phi) is 5.14. The molecule has 2 aliphatic rings. The van der Waals surface area contributed by atoms with Crippen molar-refractivity contribution in [3.8, 4) is 5.75 Å². The van der Waals surface area contributed by atoms with E-state index in [0.29, 0.717) is 23.6 Å². The normalized spacial score (nSPS) is 21.7. The SMILES string of the molecule is Cc1cc(NC(=O)c2cccc(OC3CCCC3)c2)n(C2CCS(=O)(=O)C2)n1. The fourth-order valence-corrected chi connectivity index (χ4v) is 5.65. The lowest BCUT2D eigenvalue weighted by atomic mass is 10.2. The van der Waals surface area contributed by atoms with E-state index in [1.165, 1.54) is 12.8 Å². The van der Waals surface area contributed by atoms with Crippen LogP contribution in [0.25, 0.3) is 0 Å². The summed E-state index contributed by atoms with van der Waals surface area (Å²) in [6.07, 6.45) is 5.22. The molecule has 4 rings (SSSR count). The monoisotopic (exact) mass is 403 g/mol. The Morgan fingerprint density at radius 2 is 2.00 bits per heavy atom. The Labute approximate surface area is 165 Å². The number of benzene rings is 1. The number of carbonyl (C=O) groups is 1. The summed E-state index contributed by atoms with van der Waals surface area (Å²) in [5.74, 6) is 1.17. The Hall–Kier alpha value is -2.35. The van der Waals surface area contributed by atoms with Crippen LogP contribution in [0.2, 0.25) is 0 Å².